The number of hydrogen-bond donors (Lipinski definition) is 1. The maximum Gasteiger partial charge on any atom is 0.335 e. The molecule has 0 spiro atoms. The number of urea groups is 1. The van der Waals surface area contributed by atoms with E-state index in [4.69, 9.17) is 9.15 Å². The number of amides is 5. The third kappa shape index (κ3) is 4.45. The average molecular weight is 419 g/mol. The van der Waals surface area contributed by atoms with Gasteiger partial charge in [0.15, 0.2) is 0 Å². The van der Waals surface area contributed by atoms with Crippen LogP contribution in [-0.2, 0) is 20.9 Å². The lowest BCUT2D eigenvalue weighted by atomic mass is 10.3. The van der Waals surface area contributed by atoms with Crippen LogP contribution in [0.4, 0.5) is 10.5 Å². The van der Waals surface area contributed by atoms with Crippen LogP contribution in [0.1, 0.15) is 5.76 Å². The maximum absolute atomic E-state index is 12.5. The van der Waals surface area contributed by atoms with E-state index in [2.05, 4.69) is 5.32 Å². The van der Waals surface area contributed by atoms with Crippen molar-refractivity contribution in [1.82, 2.24) is 9.80 Å². The molecule has 0 aliphatic carbocycles. The Morgan fingerprint density at radius 2 is 1.61 bits per heavy atom. The smallest absolute Gasteiger partial charge is 0.335 e. The Balaban J connectivity index is 1.39. The van der Waals surface area contributed by atoms with Gasteiger partial charge in [0, 0.05) is 11.8 Å². The summed E-state index contributed by atoms with van der Waals surface area (Å²) in [5, 5.41) is 2.60. The molecule has 9 nitrogen and oxygen atoms in total. The van der Waals surface area contributed by atoms with Crippen molar-refractivity contribution in [2.24, 2.45) is 0 Å². The number of benzene rings is 2. The van der Waals surface area contributed by atoms with E-state index in [-0.39, 0.29) is 6.54 Å². The Kier molecular flexibility index (Phi) is 5.48. The molecule has 31 heavy (non-hydrogen) atoms. The molecule has 5 amide bonds. The number of rotatable bonds is 7. The summed E-state index contributed by atoms with van der Waals surface area (Å²) in [5.41, 5.74) is 0.413. The van der Waals surface area contributed by atoms with Gasteiger partial charge in [-0.05, 0) is 36.4 Å². The van der Waals surface area contributed by atoms with Gasteiger partial charge < -0.3 is 14.5 Å². The van der Waals surface area contributed by atoms with Crippen molar-refractivity contribution < 1.29 is 28.3 Å². The van der Waals surface area contributed by atoms with Crippen LogP contribution in [0.15, 0.2) is 77.4 Å². The predicted octanol–water partition coefficient (Wildman–Crippen LogP) is 3.00. The van der Waals surface area contributed by atoms with Gasteiger partial charge in [0.05, 0.1) is 12.8 Å². The molecule has 2 heterocycles. The minimum atomic E-state index is -1.06. The van der Waals surface area contributed by atoms with E-state index in [1.54, 1.807) is 48.5 Å². The number of nitrogens with one attached hydrogen (secondary N) is 1. The first-order chi connectivity index (χ1) is 15.0. The maximum atomic E-state index is 12.5. The Hall–Kier alpha value is -4.40. The van der Waals surface area contributed by atoms with Gasteiger partial charge in [-0.25, -0.2) is 14.6 Å². The SMILES string of the molecule is O=C(CN1C(=O)C(=O)N(Cc2ccco2)C1=O)Nc1cccc(Oc2ccccc2)c1. The highest BCUT2D eigenvalue weighted by molar-refractivity contribution is 6.45. The van der Waals surface area contributed by atoms with Gasteiger partial charge in [-0.1, -0.05) is 24.3 Å². The standard InChI is InChI=1S/C22H17N3O6/c26-19(23-15-6-4-9-17(12-15)31-16-7-2-1-3-8-16)14-25-21(28)20(27)24(22(25)29)13-18-10-5-11-30-18/h1-12H,13-14H2,(H,23,26). The molecule has 9 heteroatoms. The Bertz CT molecular complexity index is 1130. The Morgan fingerprint density at radius 1 is 0.871 bits per heavy atom. The van der Waals surface area contributed by atoms with Gasteiger partial charge in [-0.3, -0.25) is 14.4 Å². The molecule has 3 aromatic rings. The van der Waals surface area contributed by atoms with E-state index in [1.807, 2.05) is 18.2 Å². The Morgan fingerprint density at radius 3 is 2.35 bits per heavy atom. The number of anilines is 1. The fourth-order valence-corrected chi connectivity index (χ4v) is 2.99. The molecule has 1 aliphatic heterocycles. The molecule has 1 saturated heterocycles. The molecule has 156 valence electrons. The zero-order chi connectivity index (χ0) is 21.8. The molecular formula is C22H17N3O6. The molecular weight excluding hydrogens is 402 g/mol. The van der Waals surface area contributed by atoms with Crippen molar-refractivity contribution in [3.8, 4) is 11.5 Å². The summed E-state index contributed by atoms with van der Waals surface area (Å²) < 4.78 is 10.8. The summed E-state index contributed by atoms with van der Waals surface area (Å²) in [6, 6.07) is 18.1. The molecule has 1 N–H and O–H groups in total. The number of imide groups is 2. The van der Waals surface area contributed by atoms with Crippen molar-refractivity contribution >= 4 is 29.4 Å². The third-order valence-electron chi connectivity index (χ3n) is 4.43. The third-order valence-corrected chi connectivity index (χ3v) is 4.43. The van der Waals surface area contributed by atoms with Gasteiger partial charge in [0.25, 0.3) is 0 Å². The summed E-state index contributed by atoms with van der Waals surface area (Å²) in [4.78, 5) is 50.5. The molecule has 4 rings (SSSR count). The van der Waals surface area contributed by atoms with Gasteiger partial charge in [-0.2, -0.15) is 0 Å². The zero-order valence-electron chi connectivity index (χ0n) is 16.2. The average Bonchev–Trinajstić information content (AvgIpc) is 3.34. The Labute approximate surface area is 176 Å². The fourth-order valence-electron chi connectivity index (χ4n) is 2.99. The van der Waals surface area contributed by atoms with Crippen LogP contribution in [0.25, 0.3) is 0 Å². The second kappa shape index (κ2) is 8.54. The highest BCUT2D eigenvalue weighted by Crippen LogP contribution is 2.24. The predicted molar refractivity (Wildman–Crippen MR) is 108 cm³/mol. The lowest BCUT2D eigenvalue weighted by Gasteiger charge is -2.15. The van der Waals surface area contributed by atoms with E-state index in [1.165, 1.54) is 6.26 Å². The van der Waals surface area contributed by atoms with E-state index < -0.39 is 30.3 Å². The molecule has 0 saturated carbocycles. The summed E-state index contributed by atoms with van der Waals surface area (Å²) in [5.74, 6) is -1.23. The molecule has 0 bridgehead atoms. The fraction of sp³-hybridized carbons (Fsp3) is 0.0909. The monoisotopic (exact) mass is 419 g/mol. The van der Waals surface area contributed by atoms with Gasteiger partial charge in [0.2, 0.25) is 5.91 Å². The quantitative estimate of drug-likeness (QED) is 0.466. The molecule has 0 radical (unpaired) electrons. The molecule has 1 fully saturated rings. The molecule has 0 atom stereocenters. The number of carbonyl (C=O) groups excluding carboxylic acids is 4. The number of ether oxygens (including phenoxy) is 1. The number of para-hydroxylation sites is 1. The largest absolute Gasteiger partial charge is 0.467 e. The topological polar surface area (TPSA) is 109 Å². The van der Waals surface area contributed by atoms with Crippen LogP contribution in [0.2, 0.25) is 0 Å². The van der Waals surface area contributed by atoms with Crippen molar-refractivity contribution in [3.05, 3.63) is 78.8 Å². The second-order valence-electron chi connectivity index (χ2n) is 6.64. The van der Waals surface area contributed by atoms with Gasteiger partial charge in [0.1, 0.15) is 23.8 Å². The summed E-state index contributed by atoms with van der Waals surface area (Å²) in [6.07, 6.45) is 1.39. The summed E-state index contributed by atoms with van der Waals surface area (Å²) in [7, 11) is 0. The van der Waals surface area contributed by atoms with E-state index in [0.717, 1.165) is 4.90 Å². The highest BCUT2D eigenvalue weighted by Gasteiger charge is 2.45. The lowest BCUT2D eigenvalue weighted by molar-refractivity contribution is -0.144. The van der Waals surface area contributed by atoms with Crippen LogP contribution >= 0.6 is 0 Å². The first-order valence-electron chi connectivity index (χ1n) is 9.34. The number of nitrogens with zero attached hydrogens (tertiary/aromatic N) is 2. The van der Waals surface area contributed by atoms with Crippen LogP contribution in [-0.4, -0.2) is 40.1 Å². The number of carbonyl (C=O) groups is 4. The summed E-state index contributed by atoms with van der Waals surface area (Å²) in [6.45, 7) is -0.783. The lowest BCUT2D eigenvalue weighted by Crippen LogP contribution is -2.38. The first-order valence-corrected chi connectivity index (χ1v) is 9.34. The minimum Gasteiger partial charge on any atom is -0.467 e. The summed E-state index contributed by atoms with van der Waals surface area (Å²) >= 11 is 0. The van der Waals surface area contributed by atoms with E-state index >= 15 is 0 Å². The zero-order valence-corrected chi connectivity index (χ0v) is 16.2. The number of hydrogen-bond acceptors (Lipinski definition) is 6. The van der Waals surface area contributed by atoms with E-state index in [9.17, 15) is 19.2 Å². The van der Waals surface area contributed by atoms with Crippen LogP contribution in [0.3, 0.4) is 0 Å². The van der Waals surface area contributed by atoms with Gasteiger partial charge in [-0.15, -0.1) is 0 Å². The highest BCUT2D eigenvalue weighted by atomic mass is 16.5. The van der Waals surface area contributed by atoms with Gasteiger partial charge >= 0.3 is 17.8 Å². The first kappa shape index (κ1) is 19.9. The van der Waals surface area contributed by atoms with Crippen molar-refractivity contribution in [3.63, 3.8) is 0 Å². The minimum absolute atomic E-state index is 0.187. The molecule has 0 unspecified atom stereocenters. The molecule has 2 aromatic carbocycles. The van der Waals surface area contributed by atoms with Crippen LogP contribution in [0.5, 0.6) is 11.5 Å². The molecule has 1 aliphatic rings. The van der Waals surface area contributed by atoms with Crippen molar-refractivity contribution in [2.45, 2.75) is 6.54 Å². The second-order valence-corrected chi connectivity index (χ2v) is 6.64. The van der Waals surface area contributed by atoms with Crippen LogP contribution < -0.4 is 10.1 Å². The molecule has 1 aromatic heterocycles. The number of furan rings is 1. The van der Waals surface area contributed by atoms with Crippen LogP contribution in [0, 0.1) is 0 Å². The normalized spacial score (nSPS) is 13.6. The van der Waals surface area contributed by atoms with E-state index in [0.29, 0.717) is 27.8 Å². The van der Waals surface area contributed by atoms with Crippen molar-refractivity contribution in [2.75, 3.05) is 11.9 Å². The van der Waals surface area contributed by atoms with Crippen molar-refractivity contribution in [1.29, 1.82) is 0 Å².